The Labute approximate surface area is 93.6 Å². The Morgan fingerprint density at radius 3 is 2.27 bits per heavy atom. The van der Waals surface area contributed by atoms with Crippen molar-refractivity contribution in [3.05, 3.63) is 0 Å². The van der Waals surface area contributed by atoms with Gasteiger partial charge in [0.2, 0.25) is 5.91 Å². The molecule has 0 radical (unpaired) electrons. The fourth-order valence-corrected chi connectivity index (χ4v) is 1.35. The van der Waals surface area contributed by atoms with Gasteiger partial charge in [-0.2, -0.15) is 0 Å². The van der Waals surface area contributed by atoms with Gasteiger partial charge in [-0.05, 0) is 47.0 Å². The molecule has 0 bridgehead atoms. The molecule has 4 heteroatoms. The van der Waals surface area contributed by atoms with Crippen LogP contribution in [0.15, 0.2) is 0 Å². The van der Waals surface area contributed by atoms with Gasteiger partial charge >= 0.3 is 0 Å². The van der Waals surface area contributed by atoms with Gasteiger partial charge in [0.05, 0.1) is 6.04 Å². The Morgan fingerprint density at radius 1 is 1.20 bits per heavy atom. The molecular weight excluding hydrogens is 190 g/mol. The minimum atomic E-state index is -0.0700. The van der Waals surface area contributed by atoms with E-state index in [-0.39, 0.29) is 11.9 Å². The summed E-state index contributed by atoms with van der Waals surface area (Å²) in [5.74, 6) is 0.141. The van der Waals surface area contributed by atoms with Crippen LogP contribution < -0.4 is 5.32 Å². The van der Waals surface area contributed by atoms with Crippen molar-refractivity contribution in [2.24, 2.45) is 0 Å². The van der Waals surface area contributed by atoms with Crippen molar-refractivity contribution in [2.75, 3.05) is 41.3 Å². The largest absolute Gasteiger partial charge is 0.347 e. The molecule has 0 aromatic rings. The Bertz CT molecular complexity index is 181. The maximum Gasteiger partial charge on any atom is 0.238 e. The van der Waals surface area contributed by atoms with Crippen molar-refractivity contribution in [1.82, 2.24) is 15.1 Å². The Morgan fingerprint density at radius 2 is 1.80 bits per heavy atom. The molecule has 0 rings (SSSR count). The predicted molar refractivity (Wildman–Crippen MR) is 63.9 cm³/mol. The molecule has 1 amide bonds. The van der Waals surface area contributed by atoms with E-state index in [0.717, 1.165) is 19.5 Å². The SMILES string of the molecule is CC(NCCCCN(C)C)C(=O)N(C)C. The zero-order valence-electron chi connectivity index (χ0n) is 10.7. The molecule has 0 aliphatic rings. The van der Waals surface area contributed by atoms with Crippen molar-refractivity contribution in [3.63, 3.8) is 0 Å². The van der Waals surface area contributed by atoms with Crippen LogP contribution in [0.1, 0.15) is 19.8 Å². The molecule has 1 unspecified atom stereocenters. The molecule has 15 heavy (non-hydrogen) atoms. The summed E-state index contributed by atoms with van der Waals surface area (Å²) in [7, 11) is 7.72. The summed E-state index contributed by atoms with van der Waals surface area (Å²) in [5, 5.41) is 3.23. The zero-order valence-corrected chi connectivity index (χ0v) is 10.7. The first-order chi connectivity index (χ1) is 6.95. The highest BCUT2D eigenvalue weighted by Gasteiger charge is 2.12. The van der Waals surface area contributed by atoms with Gasteiger partial charge in [-0.25, -0.2) is 0 Å². The van der Waals surface area contributed by atoms with Crippen molar-refractivity contribution in [3.8, 4) is 0 Å². The minimum absolute atomic E-state index is 0.0700. The van der Waals surface area contributed by atoms with Gasteiger partial charge in [-0.3, -0.25) is 4.79 Å². The lowest BCUT2D eigenvalue weighted by molar-refractivity contribution is -0.130. The first-order valence-corrected chi connectivity index (χ1v) is 5.54. The molecule has 0 aromatic carbocycles. The predicted octanol–water partition coefficient (Wildman–Crippen LogP) is 0.395. The highest BCUT2D eigenvalue weighted by atomic mass is 16.2. The van der Waals surface area contributed by atoms with Crippen LogP contribution in [0.25, 0.3) is 0 Å². The van der Waals surface area contributed by atoms with Crippen LogP contribution >= 0.6 is 0 Å². The van der Waals surface area contributed by atoms with Gasteiger partial charge in [0.15, 0.2) is 0 Å². The normalized spacial score (nSPS) is 12.9. The third-order valence-corrected chi connectivity index (χ3v) is 2.29. The van der Waals surface area contributed by atoms with Gasteiger partial charge < -0.3 is 15.1 Å². The molecule has 90 valence electrons. The second-order valence-electron chi connectivity index (χ2n) is 4.42. The summed E-state index contributed by atoms with van der Waals surface area (Å²) < 4.78 is 0. The topological polar surface area (TPSA) is 35.6 Å². The number of likely N-dealkylation sites (N-methyl/N-ethyl adjacent to an activating group) is 1. The number of rotatable bonds is 7. The van der Waals surface area contributed by atoms with E-state index in [0.29, 0.717) is 0 Å². The summed E-state index contributed by atoms with van der Waals surface area (Å²) in [6.45, 7) is 3.93. The number of nitrogens with one attached hydrogen (secondary N) is 1. The van der Waals surface area contributed by atoms with Gasteiger partial charge in [-0.15, -0.1) is 0 Å². The molecule has 1 N–H and O–H groups in total. The standard InChI is InChI=1S/C11H25N3O/c1-10(11(15)14(4)5)12-8-6-7-9-13(2)3/h10,12H,6-9H2,1-5H3. The highest BCUT2D eigenvalue weighted by Crippen LogP contribution is 1.92. The summed E-state index contributed by atoms with van der Waals surface area (Å²) in [6.07, 6.45) is 2.28. The van der Waals surface area contributed by atoms with Crippen LogP contribution in [-0.2, 0) is 4.79 Å². The third kappa shape index (κ3) is 7.33. The van der Waals surface area contributed by atoms with Crippen molar-refractivity contribution >= 4 is 5.91 Å². The number of nitrogens with zero attached hydrogens (tertiary/aromatic N) is 2. The number of hydrogen-bond acceptors (Lipinski definition) is 3. The molecule has 0 spiro atoms. The summed E-state index contributed by atoms with van der Waals surface area (Å²) in [4.78, 5) is 15.3. The number of hydrogen-bond donors (Lipinski definition) is 1. The first kappa shape index (κ1) is 14.4. The summed E-state index contributed by atoms with van der Waals surface area (Å²) >= 11 is 0. The van der Waals surface area contributed by atoms with E-state index < -0.39 is 0 Å². The van der Waals surface area contributed by atoms with Gasteiger partial charge in [0.25, 0.3) is 0 Å². The lowest BCUT2D eigenvalue weighted by Gasteiger charge is -2.18. The van der Waals surface area contributed by atoms with Crippen molar-refractivity contribution in [2.45, 2.75) is 25.8 Å². The first-order valence-electron chi connectivity index (χ1n) is 5.54. The van der Waals surface area contributed by atoms with Crippen LogP contribution in [0, 0.1) is 0 Å². The lowest BCUT2D eigenvalue weighted by atomic mass is 10.2. The Kier molecular flexibility index (Phi) is 7.34. The molecule has 0 aromatic heterocycles. The van der Waals surface area contributed by atoms with E-state index in [4.69, 9.17) is 0 Å². The molecule has 1 atom stereocenters. The van der Waals surface area contributed by atoms with Crippen molar-refractivity contribution < 1.29 is 4.79 Å². The van der Waals surface area contributed by atoms with Crippen LogP contribution in [-0.4, -0.2) is 63.0 Å². The molecule has 0 aliphatic heterocycles. The summed E-state index contributed by atoms with van der Waals surface area (Å²) in [5.41, 5.74) is 0. The third-order valence-electron chi connectivity index (χ3n) is 2.29. The van der Waals surface area contributed by atoms with Gasteiger partial charge in [0.1, 0.15) is 0 Å². The van der Waals surface area contributed by atoms with E-state index in [9.17, 15) is 4.79 Å². The Balaban J connectivity index is 3.47. The van der Waals surface area contributed by atoms with Gasteiger partial charge in [0, 0.05) is 14.1 Å². The maximum atomic E-state index is 11.5. The van der Waals surface area contributed by atoms with E-state index in [2.05, 4.69) is 24.3 Å². The fourth-order valence-electron chi connectivity index (χ4n) is 1.35. The van der Waals surface area contributed by atoms with Crippen molar-refractivity contribution in [1.29, 1.82) is 0 Å². The minimum Gasteiger partial charge on any atom is -0.347 e. The quantitative estimate of drug-likeness (QED) is 0.624. The van der Waals surface area contributed by atoms with E-state index in [1.54, 1.807) is 19.0 Å². The molecular formula is C11H25N3O. The number of amides is 1. The van der Waals surface area contributed by atoms with Crippen LogP contribution in [0.5, 0.6) is 0 Å². The number of unbranched alkanes of at least 4 members (excludes halogenated alkanes) is 1. The lowest BCUT2D eigenvalue weighted by Crippen LogP contribution is -2.41. The smallest absolute Gasteiger partial charge is 0.238 e. The average molecular weight is 215 g/mol. The Hall–Kier alpha value is -0.610. The number of carbonyl (C=O) groups is 1. The van der Waals surface area contributed by atoms with E-state index in [1.165, 1.54) is 6.42 Å². The molecule has 4 nitrogen and oxygen atoms in total. The van der Waals surface area contributed by atoms with Crippen LogP contribution in [0.3, 0.4) is 0 Å². The van der Waals surface area contributed by atoms with E-state index in [1.807, 2.05) is 6.92 Å². The maximum absolute atomic E-state index is 11.5. The fraction of sp³-hybridized carbons (Fsp3) is 0.909. The number of carbonyl (C=O) groups excluding carboxylic acids is 1. The van der Waals surface area contributed by atoms with E-state index >= 15 is 0 Å². The second kappa shape index (κ2) is 7.65. The van der Waals surface area contributed by atoms with Gasteiger partial charge in [-0.1, -0.05) is 0 Å². The highest BCUT2D eigenvalue weighted by molar-refractivity contribution is 5.80. The zero-order chi connectivity index (χ0) is 11.8. The molecule has 0 saturated heterocycles. The molecule has 0 heterocycles. The molecule has 0 fully saturated rings. The average Bonchev–Trinajstić information content (AvgIpc) is 2.15. The second-order valence-corrected chi connectivity index (χ2v) is 4.42. The monoisotopic (exact) mass is 215 g/mol. The van der Waals surface area contributed by atoms with Crippen LogP contribution in [0.2, 0.25) is 0 Å². The molecule has 0 aliphatic carbocycles. The molecule has 0 saturated carbocycles. The van der Waals surface area contributed by atoms with Crippen LogP contribution in [0.4, 0.5) is 0 Å². The summed E-state index contributed by atoms with van der Waals surface area (Å²) in [6, 6.07) is -0.0700.